The number of ether oxygens (including phenoxy) is 1. The van der Waals surface area contributed by atoms with Gasteiger partial charge < -0.3 is 19.8 Å². The van der Waals surface area contributed by atoms with E-state index in [1.807, 2.05) is 0 Å². The molecular formula is C13H15NO5. The Hall–Kier alpha value is -2.08. The van der Waals surface area contributed by atoms with Crippen molar-refractivity contribution in [2.24, 2.45) is 0 Å². The molecule has 0 aromatic heterocycles. The highest BCUT2D eigenvalue weighted by Gasteiger charge is 2.39. The summed E-state index contributed by atoms with van der Waals surface area (Å²) < 4.78 is 5.09. The maximum absolute atomic E-state index is 12.4. The third kappa shape index (κ3) is 2.53. The number of β-amino-alcohol motifs (C(OH)–C–C–N with tert-alkyl or cyclic N) is 1. The number of hydrogen-bond acceptors (Lipinski definition) is 4. The van der Waals surface area contributed by atoms with E-state index in [4.69, 9.17) is 9.84 Å². The second-order valence-electron chi connectivity index (χ2n) is 4.40. The van der Waals surface area contributed by atoms with Gasteiger partial charge in [0.15, 0.2) is 0 Å². The van der Waals surface area contributed by atoms with E-state index in [0.29, 0.717) is 11.3 Å². The normalized spacial score (nSPS) is 22.3. The summed E-state index contributed by atoms with van der Waals surface area (Å²) in [6, 6.07) is 5.62. The molecule has 1 aromatic carbocycles. The molecule has 0 saturated carbocycles. The van der Waals surface area contributed by atoms with Gasteiger partial charge in [0.25, 0.3) is 5.91 Å². The molecule has 1 saturated heterocycles. The van der Waals surface area contributed by atoms with Crippen molar-refractivity contribution in [1.29, 1.82) is 0 Å². The van der Waals surface area contributed by atoms with Crippen LogP contribution in [-0.2, 0) is 4.79 Å². The fourth-order valence-electron chi connectivity index (χ4n) is 2.25. The van der Waals surface area contributed by atoms with Gasteiger partial charge in [0.1, 0.15) is 11.8 Å². The number of benzene rings is 1. The number of rotatable bonds is 3. The van der Waals surface area contributed by atoms with E-state index in [-0.39, 0.29) is 13.0 Å². The first kappa shape index (κ1) is 13.4. The van der Waals surface area contributed by atoms with Crippen LogP contribution < -0.4 is 4.74 Å². The van der Waals surface area contributed by atoms with E-state index < -0.39 is 24.0 Å². The van der Waals surface area contributed by atoms with Crippen molar-refractivity contribution in [3.8, 4) is 5.75 Å². The smallest absolute Gasteiger partial charge is 0.326 e. The average molecular weight is 265 g/mol. The summed E-state index contributed by atoms with van der Waals surface area (Å²) in [6.07, 6.45) is -0.754. The van der Waals surface area contributed by atoms with Crippen LogP contribution in [0, 0.1) is 0 Å². The lowest BCUT2D eigenvalue weighted by molar-refractivity contribution is -0.141. The molecule has 1 amide bonds. The molecule has 19 heavy (non-hydrogen) atoms. The van der Waals surface area contributed by atoms with Gasteiger partial charge in [0.05, 0.1) is 18.8 Å². The summed E-state index contributed by atoms with van der Waals surface area (Å²) in [5, 5.41) is 18.6. The van der Waals surface area contributed by atoms with E-state index in [1.165, 1.54) is 12.0 Å². The number of aliphatic hydroxyl groups is 1. The van der Waals surface area contributed by atoms with Crippen molar-refractivity contribution in [2.75, 3.05) is 13.7 Å². The third-order valence-corrected chi connectivity index (χ3v) is 3.16. The van der Waals surface area contributed by atoms with E-state index in [0.717, 1.165) is 0 Å². The molecule has 6 nitrogen and oxygen atoms in total. The average Bonchev–Trinajstić information content (AvgIpc) is 2.80. The molecule has 0 unspecified atom stereocenters. The second kappa shape index (κ2) is 5.27. The minimum Gasteiger partial charge on any atom is -0.496 e. The Labute approximate surface area is 110 Å². The van der Waals surface area contributed by atoms with Crippen LogP contribution >= 0.6 is 0 Å². The summed E-state index contributed by atoms with van der Waals surface area (Å²) in [4.78, 5) is 24.6. The number of para-hydroxylation sites is 1. The van der Waals surface area contributed by atoms with Crippen LogP contribution in [0.25, 0.3) is 0 Å². The maximum Gasteiger partial charge on any atom is 0.326 e. The zero-order valence-electron chi connectivity index (χ0n) is 10.4. The monoisotopic (exact) mass is 265 g/mol. The molecule has 1 fully saturated rings. The first-order valence-electron chi connectivity index (χ1n) is 5.89. The first-order valence-corrected chi connectivity index (χ1v) is 5.89. The van der Waals surface area contributed by atoms with Gasteiger partial charge in [-0.25, -0.2) is 4.79 Å². The number of carbonyl (C=O) groups excluding carboxylic acids is 1. The number of aliphatic hydroxyl groups excluding tert-OH is 1. The summed E-state index contributed by atoms with van der Waals surface area (Å²) in [7, 11) is 1.44. The van der Waals surface area contributed by atoms with Gasteiger partial charge in [0.2, 0.25) is 0 Å². The summed E-state index contributed by atoms with van der Waals surface area (Å²) in [6.45, 7) is 0.0217. The number of hydrogen-bond donors (Lipinski definition) is 2. The molecule has 1 heterocycles. The largest absolute Gasteiger partial charge is 0.496 e. The number of methoxy groups -OCH3 is 1. The molecular weight excluding hydrogens is 250 g/mol. The van der Waals surface area contributed by atoms with E-state index in [1.54, 1.807) is 24.3 Å². The van der Waals surface area contributed by atoms with Gasteiger partial charge in [-0.3, -0.25) is 4.79 Å². The van der Waals surface area contributed by atoms with Gasteiger partial charge in [-0.2, -0.15) is 0 Å². The predicted molar refractivity (Wildman–Crippen MR) is 66.1 cm³/mol. The van der Waals surface area contributed by atoms with E-state index >= 15 is 0 Å². The quantitative estimate of drug-likeness (QED) is 0.823. The standard InChI is InChI=1S/C13H15NO5/c1-19-11-5-3-2-4-9(11)12(16)14-7-8(15)6-10(14)13(17)18/h2-5,8,10,15H,6-7H2,1H3,(H,17,18)/t8-,10-/m1/s1. The van der Waals surface area contributed by atoms with Crippen molar-refractivity contribution < 1.29 is 24.5 Å². The fraction of sp³-hybridized carbons (Fsp3) is 0.385. The Morgan fingerprint density at radius 3 is 2.68 bits per heavy atom. The van der Waals surface area contributed by atoms with Gasteiger partial charge in [-0.05, 0) is 12.1 Å². The van der Waals surface area contributed by atoms with Crippen LogP contribution in [0.4, 0.5) is 0 Å². The third-order valence-electron chi connectivity index (χ3n) is 3.16. The van der Waals surface area contributed by atoms with Crippen LogP contribution in [0.3, 0.4) is 0 Å². The molecule has 102 valence electrons. The predicted octanol–water partition coefficient (Wildman–Crippen LogP) is 0.355. The van der Waals surface area contributed by atoms with Gasteiger partial charge >= 0.3 is 5.97 Å². The van der Waals surface area contributed by atoms with Crippen LogP contribution in [0.15, 0.2) is 24.3 Å². The van der Waals surface area contributed by atoms with Crippen LogP contribution in [-0.4, -0.2) is 52.8 Å². The van der Waals surface area contributed by atoms with Gasteiger partial charge in [-0.15, -0.1) is 0 Å². The molecule has 0 aliphatic carbocycles. The molecule has 2 atom stereocenters. The Bertz CT molecular complexity index is 502. The summed E-state index contributed by atoms with van der Waals surface area (Å²) in [5.41, 5.74) is 0.297. The van der Waals surface area contributed by atoms with Crippen molar-refractivity contribution in [1.82, 2.24) is 4.90 Å². The molecule has 2 rings (SSSR count). The van der Waals surface area contributed by atoms with Gasteiger partial charge in [0, 0.05) is 13.0 Å². The van der Waals surface area contributed by atoms with Crippen molar-refractivity contribution in [3.63, 3.8) is 0 Å². The Morgan fingerprint density at radius 2 is 2.05 bits per heavy atom. The number of amides is 1. The fourth-order valence-corrected chi connectivity index (χ4v) is 2.25. The highest BCUT2D eigenvalue weighted by Crippen LogP contribution is 2.25. The second-order valence-corrected chi connectivity index (χ2v) is 4.40. The molecule has 2 N–H and O–H groups in total. The highest BCUT2D eigenvalue weighted by atomic mass is 16.5. The first-order chi connectivity index (χ1) is 9.04. The van der Waals surface area contributed by atoms with Crippen molar-refractivity contribution >= 4 is 11.9 Å². The van der Waals surface area contributed by atoms with Crippen LogP contribution in [0.1, 0.15) is 16.8 Å². The molecule has 1 aromatic rings. The minimum absolute atomic E-state index is 0.0217. The minimum atomic E-state index is -1.11. The molecule has 1 aliphatic heterocycles. The lowest BCUT2D eigenvalue weighted by Crippen LogP contribution is -2.40. The molecule has 0 radical (unpaired) electrons. The number of aliphatic carboxylic acids is 1. The number of carboxylic acids is 1. The highest BCUT2D eigenvalue weighted by molar-refractivity contribution is 5.99. The summed E-state index contributed by atoms with van der Waals surface area (Å²) in [5.74, 6) is -1.17. The Morgan fingerprint density at radius 1 is 1.37 bits per heavy atom. The Balaban J connectivity index is 2.30. The van der Waals surface area contributed by atoms with Crippen LogP contribution in [0.2, 0.25) is 0 Å². The zero-order chi connectivity index (χ0) is 14.0. The molecule has 6 heteroatoms. The number of nitrogens with zero attached hydrogens (tertiary/aromatic N) is 1. The lowest BCUT2D eigenvalue weighted by Gasteiger charge is -2.22. The van der Waals surface area contributed by atoms with Crippen molar-refractivity contribution in [3.05, 3.63) is 29.8 Å². The maximum atomic E-state index is 12.4. The lowest BCUT2D eigenvalue weighted by atomic mass is 10.1. The van der Waals surface area contributed by atoms with E-state index in [9.17, 15) is 14.7 Å². The topological polar surface area (TPSA) is 87.1 Å². The number of carbonyl (C=O) groups is 2. The molecule has 0 spiro atoms. The van der Waals surface area contributed by atoms with Crippen molar-refractivity contribution in [2.45, 2.75) is 18.6 Å². The summed E-state index contributed by atoms with van der Waals surface area (Å²) >= 11 is 0. The molecule has 0 bridgehead atoms. The SMILES string of the molecule is COc1ccccc1C(=O)N1C[C@H](O)C[C@@H]1C(=O)O. The Kier molecular flexibility index (Phi) is 3.71. The zero-order valence-corrected chi connectivity index (χ0v) is 10.4. The van der Waals surface area contributed by atoms with Crippen LogP contribution in [0.5, 0.6) is 5.75 Å². The molecule has 1 aliphatic rings. The number of carboxylic acid groups (broad SMARTS) is 1. The van der Waals surface area contributed by atoms with E-state index in [2.05, 4.69) is 0 Å². The number of likely N-dealkylation sites (tertiary alicyclic amines) is 1. The van der Waals surface area contributed by atoms with Gasteiger partial charge in [-0.1, -0.05) is 12.1 Å².